The summed E-state index contributed by atoms with van der Waals surface area (Å²) in [5.41, 5.74) is 2.42. The highest BCUT2D eigenvalue weighted by Gasteiger charge is 2.13. The van der Waals surface area contributed by atoms with E-state index in [4.69, 9.17) is 33.0 Å². The summed E-state index contributed by atoms with van der Waals surface area (Å²) >= 11 is 11.3. The fourth-order valence-corrected chi connectivity index (χ4v) is 3.35. The number of nitrogens with one attached hydrogen (secondary N) is 2. The predicted molar refractivity (Wildman–Crippen MR) is 120 cm³/mol. The van der Waals surface area contributed by atoms with Gasteiger partial charge in [0.1, 0.15) is 18.9 Å². The number of amides is 1. The minimum atomic E-state index is -0.221. The molecule has 0 saturated carbocycles. The fraction of sp³-hybridized carbons (Fsp3) is 0.136. The normalized spacial score (nSPS) is 10.9. The fourth-order valence-electron chi connectivity index (χ4n) is 3.03. The van der Waals surface area contributed by atoms with Crippen LogP contribution < -0.4 is 5.32 Å². The first-order valence-electron chi connectivity index (χ1n) is 9.48. The molecular formula is C22H19ClN4O3S. The van der Waals surface area contributed by atoms with Crippen LogP contribution in [0.3, 0.4) is 0 Å². The topological polar surface area (TPSA) is 85.1 Å². The number of furan rings is 1. The highest BCUT2D eigenvalue weighted by atomic mass is 35.5. The molecule has 0 atom stereocenters. The van der Waals surface area contributed by atoms with Gasteiger partial charge in [0.05, 0.1) is 12.9 Å². The van der Waals surface area contributed by atoms with Gasteiger partial charge in [-0.2, -0.15) is 5.10 Å². The van der Waals surface area contributed by atoms with Crippen molar-refractivity contribution in [1.29, 1.82) is 0 Å². The standard InChI is InChI=1S/C22H19ClN4O3S/c23-17-8-6-16(7-9-17)21-25-26-22(31)27(21)12-20(28)24-18-4-1-3-15(11-18)13-29-14-19-5-2-10-30-19/h1-11H,12-14H2,(H,24,28)(H,26,31). The van der Waals surface area contributed by atoms with E-state index in [1.54, 1.807) is 23.0 Å². The van der Waals surface area contributed by atoms with Gasteiger partial charge in [0.2, 0.25) is 5.91 Å². The van der Waals surface area contributed by atoms with E-state index in [0.717, 1.165) is 16.9 Å². The van der Waals surface area contributed by atoms with E-state index in [0.29, 0.717) is 34.5 Å². The zero-order valence-corrected chi connectivity index (χ0v) is 17.9. The number of aromatic amines is 1. The Morgan fingerprint density at radius 1 is 1.16 bits per heavy atom. The molecule has 2 heterocycles. The van der Waals surface area contributed by atoms with Crippen molar-refractivity contribution in [1.82, 2.24) is 14.8 Å². The van der Waals surface area contributed by atoms with Gasteiger partial charge >= 0.3 is 0 Å². The highest BCUT2D eigenvalue weighted by molar-refractivity contribution is 7.71. The maximum absolute atomic E-state index is 12.7. The zero-order valence-electron chi connectivity index (χ0n) is 16.4. The molecule has 4 rings (SSSR count). The Bertz CT molecular complexity index is 1220. The van der Waals surface area contributed by atoms with Crippen LogP contribution in [0.5, 0.6) is 0 Å². The summed E-state index contributed by atoms with van der Waals surface area (Å²) in [6, 6.07) is 18.3. The van der Waals surface area contributed by atoms with Crippen LogP contribution in [-0.4, -0.2) is 20.7 Å². The van der Waals surface area contributed by atoms with E-state index in [1.807, 2.05) is 48.5 Å². The molecule has 0 aliphatic carbocycles. The van der Waals surface area contributed by atoms with E-state index >= 15 is 0 Å². The second-order valence-electron chi connectivity index (χ2n) is 6.77. The smallest absolute Gasteiger partial charge is 0.244 e. The lowest BCUT2D eigenvalue weighted by molar-refractivity contribution is -0.116. The van der Waals surface area contributed by atoms with E-state index in [1.165, 1.54) is 0 Å². The van der Waals surface area contributed by atoms with E-state index in [-0.39, 0.29) is 12.5 Å². The second kappa shape index (κ2) is 9.74. The van der Waals surface area contributed by atoms with Gasteiger partial charge in [-0.15, -0.1) is 0 Å². The third-order valence-corrected chi connectivity index (χ3v) is 5.03. The number of hydrogen-bond donors (Lipinski definition) is 2. The summed E-state index contributed by atoms with van der Waals surface area (Å²) in [6.07, 6.45) is 1.61. The van der Waals surface area contributed by atoms with E-state index in [2.05, 4.69) is 15.5 Å². The van der Waals surface area contributed by atoms with Crippen molar-refractivity contribution in [3.63, 3.8) is 0 Å². The highest BCUT2D eigenvalue weighted by Crippen LogP contribution is 2.20. The van der Waals surface area contributed by atoms with Crippen molar-refractivity contribution in [2.45, 2.75) is 19.8 Å². The number of carbonyl (C=O) groups is 1. The maximum atomic E-state index is 12.7. The molecule has 0 radical (unpaired) electrons. The van der Waals surface area contributed by atoms with Crippen molar-refractivity contribution in [2.75, 3.05) is 5.32 Å². The Kier molecular flexibility index (Phi) is 6.61. The molecular weight excluding hydrogens is 436 g/mol. The molecule has 7 nitrogen and oxygen atoms in total. The summed E-state index contributed by atoms with van der Waals surface area (Å²) in [7, 11) is 0. The largest absolute Gasteiger partial charge is 0.467 e. The van der Waals surface area contributed by atoms with Crippen LogP contribution in [0, 0.1) is 4.77 Å². The molecule has 4 aromatic rings. The summed E-state index contributed by atoms with van der Waals surface area (Å²) in [6.45, 7) is 0.806. The van der Waals surface area contributed by atoms with Gasteiger partial charge in [-0.05, 0) is 66.3 Å². The van der Waals surface area contributed by atoms with Crippen LogP contribution in [0.25, 0.3) is 11.4 Å². The van der Waals surface area contributed by atoms with Crippen molar-refractivity contribution in [3.05, 3.63) is 88.0 Å². The third kappa shape index (κ3) is 5.49. The summed E-state index contributed by atoms with van der Waals surface area (Å²) in [4.78, 5) is 12.7. The molecule has 2 N–H and O–H groups in total. The zero-order chi connectivity index (χ0) is 21.6. The average molecular weight is 455 g/mol. The number of aromatic nitrogens is 3. The van der Waals surface area contributed by atoms with Crippen molar-refractivity contribution < 1.29 is 13.9 Å². The average Bonchev–Trinajstić information content (AvgIpc) is 3.40. The molecule has 0 aliphatic heterocycles. The van der Waals surface area contributed by atoms with Crippen LogP contribution >= 0.6 is 23.8 Å². The number of anilines is 1. The Labute approximate surface area is 188 Å². The Morgan fingerprint density at radius 3 is 2.77 bits per heavy atom. The minimum absolute atomic E-state index is 0.0204. The van der Waals surface area contributed by atoms with Gasteiger partial charge in [0, 0.05) is 16.3 Å². The van der Waals surface area contributed by atoms with Gasteiger partial charge < -0.3 is 14.5 Å². The molecule has 9 heteroatoms. The van der Waals surface area contributed by atoms with E-state index in [9.17, 15) is 4.79 Å². The molecule has 0 fully saturated rings. The van der Waals surface area contributed by atoms with Crippen LogP contribution in [0.15, 0.2) is 71.3 Å². The number of nitrogens with zero attached hydrogens (tertiary/aromatic N) is 2. The molecule has 2 aromatic carbocycles. The monoisotopic (exact) mass is 454 g/mol. The van der Waals surface area contributed by atoms with Crippen LogP contribution in [0.1, 0.15) is 11.3 Å². The van der Waals surface area contributed by atoms with Gasteiger partial charge in [0.15, 0.2) is 10.6 Å². The third-order valence-electron chi connectivity index (χ3n) is 4.47. The first-order valence-corrected chi connectivity index (χ1v) is 10.3. The predicted octanol–water partition coefficient (Wildman–Crippen LogP) is 5.21. The summed E-state index contributed by atoms with van der Waals surface area (Å²) < 4.78 is 12.9. The minimum Gasteiger partial charge on any atom is -0.467 e. The summed E-state index contributed by atoms with van der Waals surface area (Å²) in [5, 5.41) is 10.5. The van der Waals surface area contributed by atoms with Gasteiger partial charge in [0.25, 0.3) is 0 Å². The molecule has 0 unspecified atom stereocenters. The van der Waals surface area contributed by atoms with Crippen molar-refractivity contribution in [3.8, 4) is 11.4 Å². The Morgan fingerprint density at radius 2 is 2.00 bits per heavy atom. The molecule has 31 heavy (non-hydrogen) atoms. The van der Waals surface area contributed by atoms with Crippen molar-refractivity contribution >= 4 is 35.4 Å². The lowest BCUT2D eigenvalue weighted by Gasteiger charge is -2.10. The number of rotatable bonds is 8. The molecule has 0 bridgehead atoms. The first kappa shape index (κ1) is 21.0. The van der Waals surface area contributed by atoms with Gasteiger partial charge in [-0.1, -0.05) is 23.7 Å². The molecule has 1 amide bonds. The lowest BCUT2D eigenvalue weighted by Crippen LogP contribution is -2.19. The number of hydrogen-bond acceptors (Lipinski definition) is 5. The molecule has 0 aliphatic rings. The quantitative estimate of drug-likeness (QED) is 0.357. The summed E-state index contributed by atoms with van der Waals surface area (Å²) in [5.74, 6) is 1.11. The molecule has 158 valence electrons. The maximum Gasteiger partial charge on any atom is 0.244 e. The first-order chi connectivity index (χ1) is 15.1. The Hall–Kier alpha value is -3.20. The second-order valence-corrected chi connectivity index (χ2v) is 7.59. The van der Waals surface area contributed by atoms with Gasteiger partial charge in [-0.3, -0.25) is 14.5 Å². The van der Waals surface area contributed by atoms with Crippen LogP contribution in [0.4, 0.5) is 5.69 Å². The molecule has 0 spiro atoms. The molecule has 0 saturated heterocycles. The van der Waals surface area contributed by atoms with Gasteiger partial charge in [-0.25, -0.2) is 0 Å². The van der Waals surface area contributed by atoms with Crippen LogP contribution in [0.2, 0.25) is 5.02 Å². The lowest BCUT2D eigenvalue weighted by atomic mass is 10.2. The number of H-pyrrole nitrogens is 1. The number of halogens is 1. The van der Waals surface area contributed by atoms with Crippen LogP contribution in [-0.2, 0) is 29.3 Å². The number of carbonyl (C=O) groups excluding carboxylic acids is 1. The number of ether oxygens (including phenoxy) is 1. The van der Waals surface area contributed by atoms with E-state index < -0.39 is 0 Å². The Balaban J connectivity index is 1.40. The number of benzene rings is 2. The molecule has 2 aromatic heterocycles. The SMILES string of the molecule is O=C(Cn1c(-c2ccc(Cl)cc2)n[nH]c1=S)Nc1cccc(COCc2ccco2)c1. The van der Waals surface area contributed by atoms with Crippen molar-refractivity contribution in [2.24, 2.45) is 0 Å².